The van der Waals surface area contributed by atoms with Crippen LogP contribution in [0.1, 0.15) is 38.5 Å². The lowest BCUT2D eigenvalue weighted by molar-refractivity contribution is -0.140. The Kier molecular flexibility index (Phi) is 14.0. The number of carbonyl (C=O) groups excluding carboxylic acids is 4. The maximum atomic E-state index is 12.7. The normalized spacial score (nSPS) is 13.0. The molecular weight excluding hydrogens is 456 g/mol. The topological polar surface area (TPSA) is 295 Å². The number of hydrogen-bond donors (Lipinski definition) is 9. The zero-order valence-electron chi connectivity index (χ0n) is 18.5. The fraction of sp³-hybridized carbons (Fsp3) is 0.611. The van der Waals surface area contributed by atoms with Crippen molar-refractivity contribution in [1.29, 1.82) is 0 Å². The van der Waals surface area contributed by atoms with Crippen LogP contribution in [-0.2, 0) is 28.8 Å². The standard InChI is InChI=1S/C18H32N8O8/c19-9(2-1-7-23-18(21)22)15(32)25-11(3-5-12(20)27)17(34)26-10(4-6-13(28)29)16(33)24-8-14(30)31/h9-11H,1-8,19H2,(H2,20,27)(H,24,33)(H,25,32)(H,26,34)(H,28,29)(H,30,31)(H4,21,22,23). The van der Waals surface area contributed by atoms with Crippen molar-refractivity contribution < 1.29 is 39.0 Å². The Bertz CT molecular complexity index is 784. The number of amides is 4. The molecule has 16 nitrogen and oxygen atoms in total. The zero-order chi connectivity index (χ0) is 26.3. The van der Waals surface area contributed by atoms with Gasteiger partial charge in [-0.2, -0.15) is 0 Å². The molecule has 0 aliphatic carbocycles. The molecule has 0 radical (unpaired) electrons. The third-order valence-corrected chi connectivity index (χ3v) is 4.31. The number of carboxylic acid groups (broad SMARTS) is 2. The number of rotatable bonds is 17. The van der Waals surface area contributed by atoms with Gasteiger partial charge in [-0.25, -0.2) is 0 Å². The third kappa shape index (κ3) is 14.2. The van der Waals surface area contributed by atoms with Crippen LogP contribution < -0.4 is 38.9 Å². The summed E-state index contributed by atoms with van der Waals surface area (Å²) in [4.78, 5) is 73.8. The van der Waals surface area contributed by atoms with Crippen molar-refractivity contribution in [2.45, 2.75) is 56.7 Å². The average Bonchev–Trinajstić information content (AvgIpc) is 2.74. The molecule has 0 fully saturated rings. The van der Waals surface area contributed by atoms with Crippen molar-refractivity contribution >= 4 is 41.5 Å². The quantitative estimate of drug-likeness (QED) is 0.0535. The van der Waals surface area contributed by atoms with Gasteiger partial charge in [0.2, 0.25) is 23.6 Å². The van der Waals surface area contributed by atoms with E-state index in [1.807, 2.05) is 5.32 Å². The zero-order valence-corrected chi connectivity index (χ0v) is 18.5. The van der Waals surface area contributed by atoms with Gasteiger partial charge >= 0.3 is 11.9 Å². The molecule has 0 aromatic heterocycles. The van der Waals surface area contributed by atoms with Crippen molar-refractivity contribution in [3.05, 3.63) is 0 Å². The van der Waals surface area contributed by atoms with Gasteiger partial charge < -0.3 is 49.1 Å². The molecular formula is C18H32N8O8. The van der Waals surface area contributed by atoms with Gasteiger partial charge in [-0.05, 0) is 25.7 Å². The molecule has 0 saturated heterocycles. The lowest BCUT2D eigenvalue weighted by atomic mass is 10.1. The smallest absolute Gasteiger partial charge is 0.322 e. The summed E-state index contributed by atoms with van der Waals surface area (Å²) in [6.45, 7) is -0.527. The molecule has 3 unspecified atom stereocenters. The highest BCUT2D eigenvalue weighted by molar-refractivity contribution is 5.94. The fourth-order valence-electron chi connectivity index (χ4n) is 2.58. The van der Waals surface area contributed by atoms with Gasteiger partial charge in [0.1, 0.15) is 18.6 Å². The Hall–Kier alpha value is -3.95. The van der Waals surface area contributed by atoms with Gasteiger partial charge in [-0.1, -0.05) is 0 Å². The molecule has 0 aliphatic heterocycles. The summed E-state index contributed by atoms with van der Waals surface area (Å²) in [6, 6.07) is -3.78. The highest BCUT2D eigenvalue weighted by Gasteiger charge is 2.28. The Labute approximate surface area is 194 Å². The van der Waals surface area contributed by atoms with Crippen LogP contribution >= 0.6 is 0 Å². The van der Waals surface area contributed by atoms with E-state index in [-0.39, 0.29) is 38.2 Å². The van der Waals surface area contributed by atoms with E-state index in [1.54, 1.807) is 0 Å². The van der Waals surface area contributed by atoms with E-state index in [9.17, 15) is 28.8 Å². The Balaban J connectivity index is 5.28. The van der Waals surface area contributed by atoms with E-state index in [0.29, 0.717) is 6.42 Å². The predicted molar refractivity (Wildman–Crippen MR) is 118 cm³/mol. The number of primary amides is 1. The molecule has 0 heterocycles. The van der Waals surface area contributed by atoms with Gasteiger partial charge in [-0.15, -0.1) is 0 Å². The van der Waals surface area contributed by atoms with Crippen LogP contribution in [0.4, 0.5) is 0 Å². The van der Waals surface area contributed by atoms with Gasteiger partial charge in [0.05, 0.1) is 6.04 Å². The molecule has 0 saturated carbocycles. The van der Waals surface area contributed by atoms with E-state index in [2.05, 4.69) is 15.6 Å². The van der Waals surface area contributed by atoms with Gasteiger partial charge in [0, 0.05) is 19.4 Å². The summed E-state index contributed by atoms with van der Waals surface area (Å²) in [5, 5.41) is 24.2. The lowest BCUT2D eigenvalue weighted by Crippen LogP contribution is -2.56. The number of carbonyl (C=O) groups is 6. The minimum Gasteiger partial charge on any atom is -0.481 e. The largest absolute Gasteiger partial charge is 0.481 e. The Morgan fingerprint density at radius 1 is 0.765 bits per heavy atom. The molecule has 34 heavy (non-hydrogen) atoms. The monoisotopic (exact) mass is 488 g/mol. The van der Waals surface area contributed by atoms with Gasteiger partial charge in [0.15, 0.2) is 5.96 Å². The summed E-state index contributed by atoms with van der Waals surface area (Å²) in [5.41, 5.74) is 21.3. The first-order valence-electron chi connectivity index (χ1n) is 10.2. The van der Waals surface area contributed by atoms with Crippen LogP contribution in [-0.4, -0.2) is 83.0 Å². The molecule has 3 atom stereocenters. The molecule has 16 heteroatoms. The van der Waals surface area contributed by atoms with Crippen molar-refractivity contribution in [2.24, 2.45) is 27.9 Å². The highest BCUT2D eigenvalue weighted by atomic mass is 16.4. The number of guanidine groups is 1. The van der Waals surface area contributed by atoms with Gasteiger partial charge in [-0.3, -0.25) is 33.8 Å². The van der Waals surface area contributed by atoms with Crippen LogP contribution in [0.25, 0.3) is 0 Å². The number of nitrogens with two attached hydrogens (primary N) is 4. The van der Waals surface area contributed by atoms with Crippen LogP contribution in [0.2, 0.25) is 0 Å². The first-order chi connectivity index (χ1) is 15.8. The van der Waals surface area contributed by atoms with Crippen LogP contribution in [0.5, 0.6) is 0 Å². The summed E-state index contributed by atoms with van der Waals surface area (Å²) in [6.07, 6.45) is -0.839. The second-order valence-electron chi connectivity index (χ2n) is 7.23. The Morgan fingerprint density at radius 3 is 1.85 bits per heavy atom. The highest BCUT2D eigenvalue weighted by Crippen LogP contribution is 2.04. The number of nitrogens with zero attached hydrogens (tertiary/aromatic N) is 1. The molecule has 0 aliphatic rings. The molecule has 0 aromatic rings. The number of aliphatic carboxylic acids is 2. The molecule has 192 valence electrons. The molecule has 0 aromatic carbocycles. The molecule has 0 bridgehead atoms. The SMILES string of the molecule is NC(=O)CCC(NC(=O)C(N)CCCN=C(N)N)C(=O)NC(CCC(=O)O)C(=O)NCC(=O)O. The number of nitrogens with one attached hydrogen (secondary N) is 3. The van der Waals surface area contributed by atoms with Crippen molar-refractivity contribution in [1.82, 2.24) is 16.0 Å². The molecule has 13 N–H and O–H groups in total. The number of carboxylic acids is 2. The minimum atomic E-state index is -1.41. The van der Waals surface area contributed by atoms with Crippen molar-refractivity contribution in [2.75, 3.05) is 13.1 Å². The second kappa shape index (κ2) is 15.8. The molecule has 0 spiro atoms. The van der Waals surface area contributed by atoms with Crippen molar-refractivity contribution in [3.63, 3.8) is 0 Å². The summed E-state index contributed by atoms with van der Waals surface area (Å²) in [7, 11) is 0. The average molecular weight is 489 g/mol. The van der Waals surface area contributed by atoms with Crippen LogP contribution in [0.15, 0.2) is 4.99 Å². The van der Waals surface area contributed by atoms with E-state index in [1.165, 1.54) is 0 Å². The maximum Gasteiger partial charge on any atom is 0.322 e. The van der Waals surface area contributed by atoms with E-state index in [0.717, 1.165) is 0 Å². The van der Waals surface area contributed by atoms with Crippen molar-refractivity contribution in [3.8, 4) is 0 Å². The summed E-state index contributed by atoms with van der Waals surface area (Å²) >= 11 is 0. The second-order valence-corrected chi connectivity index (χ2v) is 7.23. The predicted octanol–water partition coefficient (Wildman–Crippen LogP) is -4.33. The summed E-state index contributed by atoms with van der Waals surface area (Å²) < 4.78 is 0. The first-order valence-corrected chi connectivity index (χ1v) is 10.2. The number of aliphatic imine (C=N–C) groups is 1. The van der Waals surface area contributed by atoms with Crippen LogP contribution in [0, 0.1) is 0 Å². The first kappa shape index (κ1) is 30.1. The van der Waals surface area contributed by atoms with E-state index >= 15 is 0 Å². The third-order valence-electron chi connectivity index (χ3n) is 4.31. The van der Waals surface area contributed by atoms with E-state index < -0.39 is 66.7 Å². The lowest BCUT2D eigenvalue weighted by Gasteiger charge is -2.23. The molecule has 4 amide bonds. The maximum absolute atomic E-state index is 12.7. The minimum absolute atomic E-state index is 0.119. The fourth-order valence-corrected chi connectivity index (χ4v) is 2.58. The summed E-state index contributed by atoms with van der Waals surface area (Å²) in [5.74, 6) is -6.06. The van der Waals surface area contributed by atoms with Crippen LogP contribution in [0.3, 0.4) is 0 Å². The van der Waals surface area contributed by atoms with Gasteiger partial charge in [0.25, 0.3) is 0 Å². The number of hydrogen-bond acceptors (Lipinski definition) is 8. The molecule has 0 rings (SSSR count). The Morgan fingerprint density at radius 2 is 1.32 bits per heavy atom. The van der Waals surface area contributed by atoms with E-state index in [4.69, 9.17) is 33.1 Å².